The van der Waals surface area contributed by atoms with Crippen molar-refractivity contribution >= 4 is 22.0 Å². The Kier molecular flexibility index (Phi) is 6.66. The Morgan fingerprint density at radius 2 is 2.21 bits per heavy atom. The summed E-state index contributed by atoms with van der Waals surface area (Å²) in [5.41, 5.74) is 0. The van der Waals surface area contributed by atoms with Crippen molar-refractivity contribution in [1.82, 2.24) is 10.6 Å². The predicted octanol–water partition coefficient (Wildman–Crippen LogP) is 1.90. The zero-order valence-electron chi connectivity index (χ0n) is 11.0. The van der Waals surface area contributed by atoms with Crippen LogP contribution in [0.2, 0.25) is 0 Å². The molecule has 0 aliphatic rings. The number of benzene rings is 1. The number of halogens is 1. The fourth-order valence-corrected chi connectivity index (χ4v) is 1.75. The Morgan fingerprint density at radius 1 is 1.47 bits per heavy atom. The molecule has 0 aliphatic heterocycles. The highest BCUT2D eigenvalue weighted by Gasteiger charge is 2.09. The van der Waals surface area contributed by atoms with E-state index in [1.165, 1.54) is 0 Å². The van der Waals surface area contributed by atoms with E-state index in [0.717, 1.165) is 10.2 Å². The van der Waals surface area contributed by atoms with E-state index in [-0.39, 0.29) is 24.8 Å². The average molecular weight is 331 g/mol. The normalized spacial score (nSPS) is 13.5. The smallest absolute Gasteiger partial charge is 0.315 e. The minimum absolute atomic E-state index is 0.0858. The van der Waals surface area contributed by atoms with Gasteiger partial charge >= 0.3 is 6.03 Å². The highest BCUT2D eigenvalue weighted by Crippen LogP contribution is 2.18. The third kappa shape index (κ3) is 6.45. The molecule has 0 saturated carbocycles. The molecule has 2 atom stereocenters. The molecule has 0 bridgehead atoms. The second-order valence-corrected chi connectivity index (χ2v) is 5.24. The average Bonchev–Trinajstić information content (AvgIpc) is 2.36. The molecule has 0 heterocycles. The number of nitrogens with one attached hydrogen (secondary N) is 2. The molecule has 0 aliphatic carbocycles. The van der Waals surface area contributed by atoms with Crippen LogP contribution in [-0.2, 0) is 0 Å². The summed E-state index contributed by atoms with van der Waals surface area (Å²) >= 11 is 3.37. The largest absolute Gasteiger partial charge is 0.489 e. The lowest BCUT2D eigenvalue weighted by atomic mass is 10.3. The maximum atomic E-state index is 11.4. The van der Waals surface area contributed by atoms with E-state index in [4.69, 9.17) is 9.84 Å². The van der Waals surface area contributed by atoms with E-state index in [2.05, 4.69) is 26.6 Å². The third-order valence-electron chi connectivity index (χ3n) is 2.33. The van der Waals surface area contributed by atoms with Crippen molar-refractivity contribution in [3.8, 4) is 5.75 Å². The first-order chi connectivity index (χ1) is 9.01. The lowest BCUT2D eigenvalue weighted by molar-refractivity contribution is 0.200. The second kappa shape index (κ2) is 8.01. The Bertz CT molecular complexity index is 415. The zero-order chi connectivity index (χ0) is 14.3. The highest BCUT2D eigenvalue weighted by molar-refractivity contribution is 9.10. The van der Waals surface area contributed by atoms with Crippen molar-refractivity contribution in [2.75, 3.05) is 13.2 Å². The number of hydrogen-bond acceptors (Lipinski definition) is 3. The topological polar surface area (TPSA) is 70.6 Å². The first-order valence-electron chi connectivity index (χ1n) is 6.08. The van der Waals surface area contributed by atoms with Gasteiger partial charge in [-0.15, -0.1) is 0 Å². The standard InChI is InChI=1S/C13H19BrN2O3/c1-9(8-17)16-13(18)15-7-10(2)19-12-5-3-4-11(14)6-12/h3-6,9-10,17H,7-8H2,1-2H3,(H2,15,16,18)/t9-,10-/m0/s1. The van der Waals surface area contributed by atoms with Crippen LogP contribution in [0.1, 0.15) is 13.8 Å². The molecule has 0 spiro atoms. The summed E-state index contributed by atoms with van der Waals surface area (Å²) in [6, 6.07) is 6.95. The van der Waals surface area contributed by atoms with Crippen molar-refractivity contribution in [2.45, 2.75) is 26.0 Å². The summed E-state index contributed by atoms with van der Waals surface area (Å²) in [4.78, 5) is 11.4. The quantitative estimate of drug-likeness (QED) is 0.746. The minimum Gasteiger partial charge on any atom is -0.489 e. The molecule has 0 fully saturated rings. The number of aliphatic hydroxyl groups is 1. The molecular weight excluding hydrogens is 312 g/mol. The number of amides is 2. The van der Waals surface area contributed by atoms with Gasteiger partial charge in [-0.2, -0.15) is 0 Å². The molecule has 2 amide bonds. The zero-order valence-corrected chi connectivity index (χ0v) is 12.6. The Morgan fingerprint density at radius 3 is 2.84 bits per heavy atom. The van der Waals surface area contributed by atoms with Crippen LogP contribution in [0, 0.1) is 0 Å². The number of urea groups is 1. The number of rotatable bonds is 6. The van der Waals surface area contributed by atoms with Gasteiger partial charge in [-0.3, -0.25) is 0 Å². The van der Waals surface area contributed by atoms with E-state index < -0.39 is 0 Å². The number of carbonyl (C=O) groups is 1. The number of hydrogen-bond donors (Lipinski definition) is 3. The summed E-state index contributed by atoms with van der Waals surface area (Å²) in [6.07, 6.45) is -0.149. The van der Waals surface area contributed by atoms with E-state index >= 15 is 0 Å². The lowest BCUT2D eigenvalue weighted by Crippen LogP contribution is -2.45. The van der Waals surface area contributed by atoms with Crippen LogP contribution in [0.25, 0.3) is 0 Å². The molecule has 0 aromatic heterocycles. The van der Waals surface area contributed by atoms with E-state index in [1.807, 2.05) is 31.2 Å². The molecule has 0 radical (unpaired) electrons. The third-order valence-corrected chi connectivity index (χ3v) is 2.83. The van der Waals surface area contributed by atoms with Crippen LogP contribution in [0.5, 0.6) is 5.75 Å². The molecule has 0 saturated heterocycles. The van der Waals surface area contributed by atoms with Crippen LogP contribution in [0.3, 0.4) is 0 Å². The predicted molar refractivity (Wildman–Crippen MR) is 77.3 cm³/mol. The number of aliphatic hydroxyl groups excluding tert-OH is 1. The van der Waals surface area contributed by atoms with Gasteiger partial charge in [0.1, 0.15) is 11.9 Å². The van der Waals surface area contributed by atoms with Gasteiger partial charge in [-0.05, 0) is 32.0 Å². The minimum atomic E-state index is -0.314. The van der Waals surface area contributed by atoms with E-state index in [0.29, 0.717) is 6.54 Å². The Hall–Kier alpha value is -1.27. The van der Waals surface area contributed by atoms with Gasteiger partial charge in [0, 0.05) is 4.47 Å². The monoisotopic (exact) mass is 330 g/mol. The fourth-order valence-electron chi connectivity index (χ4n) is 1.37. The molecular formula is C13H19BrN2O3. The van der Waals surface area contributed by atoms with Gasteiger partial charge in [-0.1, -0.05) is 22.0 Å². The SMILES string of the molecule is C[C@@H](CO)NC(=O)NC[C@H](C)Oc1cccc(Br)c1. The highest BCUT2D eigenvalue weighted by atomic mass is 79.9. The van der Waals surface area contributed by atoms with Gasteiger partial charge < -0.3 is 20.5 Å². The van der Waals surface area contributed by atoms with Gasteiger partial charge in [0.05, 0.1) is 19.2 Å². The lowest BCUT2D eigenvalue weighted by Gasteiger charge is -2.17. The number of carbonyl (C=O) groups excluding carboxylic acids is 1. The van der Waals surface area contributed by atoms with Crippen molar-refractivity contribution in [3.05, 3.63) is 28.7 Å². The summed E-state index contributed by atoms with van der Waals surface area (Å²) in [5.74, 6) is 0.743. The maximum Gasteiger partial charge on any atom is 0.315 e. The van der Waals surface area contributed by atoms with Gasteiger partial charge in [0.25, 0.3) is 0 Å². The Balaban J connectivity index is 2.31. The van der Waals surface area contributed by atoms with Crippen LogP contribution < -0.4 is 15.4 Å². The summed E-state index contributed by atoms with van der Waals surface area (Å²) in [5, 5.41) is 14.1. The van der Waals surface area contributed by atoms with Gasteiger partial charge in [0.2, 0.25) is 0 Å². The fraction of sp³-hybridized carbons (Fsp3) is 0.462. The molecule has 3 N–H and O–H groups in total. The summed E-state index contributed by atoms with van der Waals surface area (Å²) in [6.45, 7) is 3.89. The van der Waals surface area contributed by atoms with Gasteiger partial charge in [0.15, 0.2) is 0 Å². The van der Waals surface area contributed by atoms with E-state index in [9.17, 15) is 4.79 Å². The summed E-state index contributed by atoms with van der Waals surface area (Å²) < 4.78 is 6.60. The van der Waals surface area contributed by atoms with Crippen molar-refractivity contribution in [1.29, 1.82) is 0 Å². The molecule has 0 unspecified atom stereocenters. The molecule has 5 nitrogen and oxygen atoms in total. The second-order valence-electron chi connectivity index (χ2n) is 4.32. The molecule has 6 heteroatoms. The Labute approximate surface area is 121 Å². The summed E-state index contributed by atoms with van der Waals surface area (Å²) in [7, 11) is 0. The molecule has 1 aromatic carbocycles. The molecule has 1 aromatic rings. The first kappa shape index (κ1) is 15.8. The van der Waals surface area contributed by atoms with Crippen LogP contribution in [0.15, 0.2) is 28.7 Å². The van der Waals surface area contributed by atoms with Crippen LogP contribution in [0.4, 0.5) is 4.79 Å². The first-order valence-corrected chi connectivity index (χ1v) is 6.88. The van der Waals surface area contributed by atoms with Crippen LogP contribution in [-0.4, -0.2) is 36.4 Å². The molecule has 106 valence electrons. The molecule has 19 heavy (non-hydrogen) atoms. The van der Waals surface area contributed by atoms with E-state index in [1.54, 1.807) is 6.92 Å². The van der Waals surface area contributed by atoms with Crippen LogP contribution >= 0.6 is 15.9 Å². The van der Waals surface area contributed by atoms with Crippen molar-refractivity contribution in [3.63, 3.8) is 0 Å². The maximum absolute atomic E-state index is 11.4. The molecule has 1 rings (SSSR count). The van der Waals surface area contributed by atoms with Crippen molar-refractivity contribution in [2.24, 2.45) is 0 Å². The van der Waals surface area contributed by atoms with Crippen molar-refractivity contribution < 1.29 is 14.6 Å². The number of ether oxygens (including phenoxy) is 1. The van der Waals surface area contributed by atoms with Gasteiger partial charge in [-0.25, -0.2) is 4.79 Å².